The number of nitrogens with zero attached hydrogens (tertiary/aromatic N) is 1. The molecule has 0 aromatic rings. The van der Waals surface area contributed by atoms with Gasteiger partial charge in [0.25, 0.3) is 0 Å². The molecule has 4 heteroatoms. The monoisotopic (exact) mass is 212 g/mol. The molecule has 1 aliphatic heterocycles. The van der Waals surface area contributed by atoms with Crippen LogP contribution >= 0.6 is 0 Å². The zero-order valence-electron chi connectivity index (χ0n) is 9.53. The second-order valence-electron chi connectivity index (χ2n) is 4.17. The number of hydrogen-bond acceptors (Lipinski definition) is 3. The van der Waals surface area contributed by atoms with Crippen LogP contribution in [0.2, 0.25) is 0 Å². The molecule has 0 spiro atoms. The highest BCUT2D eigenvalue weighted by Crippen LogP contribution is 2.16. The lowest BCUT2D eigenvalue weighted by molar-refractivity contribution is -0.149. The van der Waals surface area contributed by atoms with Gasteiger partial charge >= 0.3 is 0 Å². The average Bonchev–Trinajstić information content (AvgIpc) is 2.24. The topological polar surface area (TPSA) is 63.4 Å². The van der Waals surface area contributed by atoms with E-state index in [-0.39, 0.29) is 11.8 Å². The number of carbonyl (C=O) groups is 2. The van der Waals surface area contributed by atoms with Gasteiger partial charge in [0.15, 0.2) is 0 Å². The Morgan fingerprint density at radius 2 is 2.00 bits per heavy atom. The van der Waals surface area contributed by atoms with Crippen LogP contribution in [0.5, 0.6) is 0 Å². The summed E-state index contributed by atoms with van der Waals surface area (Å²) in [6.07, 6.45) is 2.88. The minimum Gasteiger partial charge on any atom is -0.320 e. The van der Waals surface area contributed by atoms with Gasteiger partial charge in [-0.1, -0.05) is 26.7 Å². The molecule has 86 valence electrons. The van der Waals surface area contributed by atoms with E-state index in [0.717, 1.165) is 12.8 Å². The van der Waals surface area contributed by atoms with E-state index in [1.165, 1.54) is 4.90 Å². The third kappa shape index (κ3) is 2.78. The molecule has 0 bridgehead atoms. The van der Waals surface area contributed by atoms with Gasteiger partial charge in [0, 0.05) is 13.0 Å². The lowest BCUT2D eigenvalue weighted by Crippen LogP contribution is -2.52. The Morgan fingerprint density at radius 1 is 1.40 bits per heavy atom. The number of imide groups is 1. The largest absolute Gasteiger partial charge is 0.320 e. The number of rotatable bonds is 4. The van der Waals surface area contributed by atoms with Gasteiger partial charge in [0.05, 0.1) is 6.04 Å². The minimum atomic E-state index is -0.475. The van der Waals surface area contributed by atoms with Crippen molar-refractivity contribution in [2.75, 3.05) is 6.54 Å². The van der Waals surface area contributed by atoms with Crippen molar-refractivity contribution >= 4 is 11.8 Å². The van der Waals surface area contributed by atoms with Crippen LogP contribution in [0.3, 0.4) is 0 Å². The molecule has 1 saturated heterocycles. The standard InChI is InChI=1S/C11H20N2O2/c1-3-8(4-2)7-13-10(14)6-5-9(12)11(13)15/h8-9H,3-7,12H2,1-2H3. The molecule has 0 saturated carbocycles. The number of likely N-dealkylation sites (tertiary alicyclic amines) is 1. The lowest BCUT2D eigenvalue weighted by atomic mass is 9.99. The molecular weight excluding hydrogens is 192 g/mol. The fraction of sp³-hybridized carbons (Fsp3) is 0.818. The summed E-state index contributed by atoms with van der Waals surface area (Å²) in [6, 6.07) is -0.475. The molecule has 0 radical (unpaired) electrons. The smallest absolute Gasteiger partial charge is 0.246 e. The zero-order chi connectivity index (χ0) is 11.4. The van der Waals surface area contributed by atoms with Crippen LogP contribution in [0.25, 0.3) is 0 Å². The van der Waals surface area contributed by atoms with E-state index in [1.807, 2.05) is 0 Å². The van der Waals surface area contributed by atoms with E-state index in [4.69, 9.17) is 5.73 Å². The molecule has 1 unspecified atom stereocenters. The zero-order valence-corrected chi connectivity index (χ0v) is 9.53. The number of carbonyl (C=O) groups excluding carboxylic acids is 2. The van der Waals surface area contributed by atoms with Crippen LogP contribution in [0, 0.1) is 5.92 Å². The highest BCUT2D eigenvalue weighted by atomic mass is 16.2. The van der Waals surface area contributed by atoms with Crippen molar-refractivity contribution < 1.29 is 9.59 Å². The first kappa shape index (κ1) is 12.2. The molecule has 2 N–H and O–H groups in total. The number of piperidine rings is 1. The quantitative estimate of drug-likeness (QED) is 0.704. The van der Waals surface area contributed by atoms with Gasteiger partial charge in [-0.3, -0.25) is 14.5 Å². The lowest BCUT2D eigenvalue weighted by Gasteiger charge is -2.31. The second kappa shape index (κ2) is 5.26. The molecule has 0 aliphatic carbocycles. The summed E-state index contributed by atoms with van der Waals surface area (Å²) in [5.41, 5.74) is 5.65. The first-order chi connectivity index (χ1) is 7.10. The molecule has 1 rings (SSSR count). The van der Waals surface area contributed by atoms with Crippen LogP contribution in [-0.2, 0) is 9.59 Å². The summed E-state index contributed by atoms with van der Waals surface area (Å²) >= 11 is 0. The van der Waals surface area contributed by atoms with Gasteiger partial charge in [0.1, 0.15) is 0 Å². The molecule has 1 aliphatic rings. The van der Waals surface area contributed by atoms with Crippen molar-refractivity contribution in [2.24, 2.45) is 11.7 Å². The van der Waals surface area contributed by atoms with Crippen LogP contribution in [0.4, 0.5) is 0 Å². The van der Waals surface area contributed by atoms with E-state index in [1.54, 1.807) is 0 Å². The molecule has 4 nitrogen and oxygen atoms in total. The Labute approximate surface area is 90.8 Å². The summed E-state index contributed by atoms with van der Waals surface area (Å²) in [6.45, 7) is 4.69. The fourth-order valence-corrected chi connectivity index (χ4v) is 1.86. The minimum absolute atomic E-state index is 0.0615. The predicted molar refractivity (Wildman–Crippen MR) is 58.0 cm³/mol. The third-order valence-corrected chi connectivity index (χ3v) is 3.15. The van der Waals surface area contributed by atoms with Crippen molar-refractivity contribution in [3.05, 3.63) is 0 Å². The molecular formula is C11H20N2O2. The maximum absolute atomic E-state index is 11.7. The van der Waals surface area contributed by atoms with Gasteiger partial charge in [0.2, 0.25) is 11.8 Å². The summed E-state index contributed by atoms with van der Waals surface area (Å²) in [5.74, 6) is 0.148. The number of amides is 2. The van der Waals surface area contributed by atoms with E-state index < -0.39 is 6.04 Å². The molecule has 2 amide bonds. The van der Waals surface area contributed by atoms with Crippen molar-refractivity contribution in [3.8, 4) is 0 Å². The highest BCUT2D eigenvalue weighted by molar-refractivity contribution is 6.00. The normalized spacial score (nSPS) is 22.7. The maximum atomic E-state index is 11.7. The van der Waals surface area contributed by atoms with Gasteiger partial charge in [-0.05, 0) is 12.3 Å². The molecule has 1 heterocycles. The van der Waals surface area contributed by atoms with E-state index in [2.05, 4.69) is 13.8 Å². The van der Waals surface area contributed by atoms with Crippen LogP contribution < -0.4 is 5.73 Å². The predicted octanol–water partition coefficient (Wildman–Crippen LogP) is 0.899. The average molecular weight is 212 g/mol. The van der Waals surface area contributed by atoms with Crippen molar-refractivity contribution in [1.29, 1.82) is 0 Å². The Hall–Kier alpha value is -0.900. The summed E-state index contributed by atoms with van der Waals surface area (Å²) in [4.78, 5) is 24.6. The SMILES string of the molecule is CCC(CC)CN1C(=O)CCC(N)C1=O. The Balaban J connectivity index is 2.64. The summed E-state index contributed by atoms with van der Waals surface area (Å²) in [5, 5.41) is 0. The second-order valence-corrected chi connectivity index (χ2v) is 4.17. The van der Waals surface area contributed by atoms with E-state index >= 15 is 0 Å². The van der Waals surface area contributed by atoms with Gasteiger partial charge in [-0.2, -0.15) is 0 Å². The molecule has 1 fully saturated rings. The van der Waals surface area contributed by atoms with Crippen molar-refractivity contribution in [1.82, 2.24) is 4.90 Å². The van der Waals surface area contributed by atoms with Crippen LogP contribution in [0.15, 0.2) is 0 Å². The Kier molecular flexibility index (Phi) is 4.27. The van der Waals surface area contributed by atoms with Crippen molar-refractivity contribution in [3.63, 3.8) is 0 Å². The number of hydrogen-bond donors (Lipinski definition) is 1. The van der Waals surface area contributed by atoms with Gasteiger partial charge < -0.3 is 5.73 Å². The van der Waals surface area contributed by atoms with Crippen LogP contribution in [-0.4, -0.2) is 29.3 Å². The van der Waals surface area contributed by atoms with Gasteiger partial charge in [-0.15, -0.1) is 0 Å². The summed E-state index contributed by atoms with van der Waals surface area (Å²) < 4.78 is 0. The fourth-order valence-electron chi connectivity index (χ4n) is 1.86. The Bertz CT molecular complexity index is 249. The molecule has 0 aromatic carbocycles. The summed E-state index contributed by atoms with van der Waals surface area (Å²) in [7, 11) is 0. The third-order valence-electron chi connectivity index (χ3n) is 3.15. The molecule has 0 aromatic heterocycles. The molecule has 15 heavy (non-hydrogen) atoms. The highest BCUT2D eigenvalue weighted by Gasteiger charge is 2.32. The first-order valence-corrected chi connectivity index (χ1v) is 5.69. The van der Waals surface area contributed by atoms with E-state index in [0.29, 0.717) is 25.3 Å². The maximum Gasteiger partial charge on any atom is 0.246 e. The van der Waals surface area contributed by atoms with E-state index in [9.17, 15) is 9.59 Å². The molecule has 1 atom stereocenters. The Morgan fingerprint density at radius 3 is 2.53 bits per heavy atom. The van der Waals surface area contributed by atoms with Crippen molar-refractivity contribution in [2.45, 2.75) is 45.6 Å². The first-order valence-electron chi connectivity index (χ1n) is 5.69. The number of nitrogens with two attached hydrogens (primary N) is 1. The van der Waals surface area contributed by atoms with Crippen LogP contribution in [0.1, 0.15) is 39.5 Å². The van der Waals surface area contributed by atoms with Gasteiger partial charge in [-0.25, -0.2) is 0 Å².